The van der Waals surface area contributed by atoms with Crippen molar-refractivity contribution in [2.24, 2.45) is 0 Å². The predicted octanol–water partition coefficient (Wildman–Crippen LogP) is 3.40. The molecule has 1 aromatic carbocycles. The summed E-state index contributed by atoms with van der Waals surface area (Å²) in [4.78, 5) is 16.6. The second-order valence-corrected chi connectivity index (χ2v) is 5.42. The second kappa shape index (κ2) is 8.29. The summed E-state index contributed by atoms with van der Waals surface area (Å²) >= 11 is 0. The highest BCUT2D eigenvalue weighted by Gasteiger charge is 2.11. The largest absolute Gasteiger partial charge is 0.385 e. The summed E-state index contributed by atoms with van der Waals surface area (Å²) in [5, 5.41) is 6.21. The lowest BCUT2D eigenvalue weighted by atomic mass is 10.1. The Morgan fingerprint density at radius 1 is 1.22 bits per heavy atom. The number of hydrogen-bond donors (Lipinski definition) is 2. The van der Waals surface area contributed by atoms with E-state index in [1.54, 1.807) is 19.4 Å². The molecule has 1 aromatic heterocycles. The SMILES string of the molecule is COCCCNc1ccnc(C(=O)Nc2c(C)cccc2C)c1. The molecule has 2 N–H and O–H groups in total. The van der Waals surface area contributed by atoms with Crippen molar-refractivity contribution in [3.05, 3.63) is 53.3 Å². The molecule has 23 heavy (non-hydrogen) atoms. The summed E-state index contributed by atoms with van der Waals surface area (Å²) < 4.78 is 5.01. The molecule has 0 spiro atoms. The van der Waals surface area contributed by atoms with Gasteiger partial charge in [0.1, 0.15) is 5.69 Å². The van der Waals surface area contributed by atoms with Crippen molar-refractivity contribution < 1.29 is 9.53 Å². The molecule has 2 aromatic rings. The zero-order chi connectivity index (χ0) is 16.7. The molecule has 0 saturated carbocycles. The molecule has 2 rings (SSSR count). The third-order valence-electron chi connectivity index (χ3n) is 3.57. The van der Waals surface area contributed by atoms with Gasteiger partial charge < -0.3 is 15.4 Å². The standard InChI is InChI=1S/C18H23N3O2/c1-13-6-4-7-14(2)17(13)21-18(22)16-12-15(8-10-20-16)19-9-5-11-23-3/h4,6-8,10,12H,5,9,11H2,1-3H3,(H,19,20)(H,21,22). The maximum Gasteiger partial charge on any atom is 0.274 e. The minimum atomic E-state index is -0.206. The van der Waals surface area contributed by atoms with Gasteiger partial charge >= 0.3 is 0 Å². The molecule has 0 fully saturated rings. The van der Waals surface area contributed by atoms with Crippen LogP contribution in [0.4, 0.5) is 11.4 Å². The van der Waals surface area contributed by atoms with Crippen LogP contribution in [0.15, 0.2) is 36.5 Å². The normalized spacial score (nSPS) is 10.4. The first-order valence-electron chi connectivity index (χ1n) is 7.68. The van der Waals surface area contributed by atoms with E-state index in [-0.39, 0.29) is 5.91 Å². The minimum absolute atomic E-state index is 0.206. The van der Waals surface area contributed by atoms with E-state index in [2.05, 4.69) is 15.6 Å². The summed E-state index contributed by atoms with van der Waals surface area (Å²) in [6, 6.07) is 9.54. The van der Waals surface area contributed by atoms with Crippen molar-refractivity contribution in [1.29, 1.82) is 0 Å². The fourth-order valence-electron chi connectivity index (χ4n) is 2.30. The molecular formula is C18H23N3O2. The molecule has 0 saturated heterocycles. The number of rotatable bonds is 7. The number of carbonyl (C=O) groups is 1. The molecule has 0 bridgehead atoms. The number of para-hydroxylation sites is 1. The Morgan fingerprint density at radius 3 is 2.65 bits per heavy atom. The second-order valence-electron chi connectivity index (χ2n) is 5.42. The highest BCUT2D eigenvalue weighted by Crippen LogP contribution is 2.20. The summed E-state index contributed by atoms with van der Waals surface area (Å²) in [5.74, 6) is -0.206. The molecule has 122 valence electrons. The number of aromatic nitrogens is 1. The number of aryl methyl sites for hydroxylation is 2. The van der Waals surface area contributed by atoms with E-state index in [0.717, 1.165) is 35.5 Å². The average molecular weight is 313 g/mol. The molecule has 1 heterocycles. The first-order chi connectivity index (χ1) is 11.1. The van der Waals surface area contributed by atoms with Gasteiger partial charge in [0, 0.05) is 37.8 Å². The van der Waals surface area contributed by atoms with E-state index in [4.69, 9.17) is 4.74 Å². The van der Waals surface area contributed by atoms with Crippen molar-refractivity contribution in [3.8, 4) is 0 Å². The van der Waals surface area contributed by atoms with Crippen LogP contribution in [-0.2, 0) is 4.74 Å². The molecule has 1 amide bonds. The molecule has 0 unspecified atom stereocenters. The molecule has 5 heteroatoms. The maximum absolute atomic E-state index is 12.4. The van der Waals surface area contributed by atoms with Gasteiger partial charge in [0.15, 0.2) is 0 Å². The molecule has 0 radical (unpaired) electrons. The Kier molecular flexibility index (Phi) is 6.11. The lowest BCUT2D eigenvalue weighted by Gasteiger charge is -2.12. The molecule has 0 aliphatic carbocycles. The number of amides is 1. The number of nitrogens with zero attached hydrogens (tertiary/aromatic N) is 1. The smallest absolute Gasteiger partial charge is 0.274 e. The number of hydrogen-bond acceptors (Lipinski definition) is 4. The van der Waals surface area contributed by atoms with Gasteiger partial charge in [-0.15, -0.1) is 0 Å². The summed E-state index contributed by atoms with van der Waals surface area (Å²) in [6.45, 7) is 5.45. The number of anilines is 2. The number of carbonyl (C=O) groups excluding carboxylic acids is 1. The van der Waals surface area contributed by atoms with E-state index in [9.17, 15) is 4.79 Å². The van der Waals surface area contributed by atoms with Crippen LogP contribution in [0.1, 0.15) is 28.0 Å². The van der Waals surface area contributed by atoms with Crippen LogP contribution in [0.2, 0.25) is 0 Å². The summed E-state index contributed by atoms with van der Waals surface area (Å²) in [5.41, 5.74) is 4.18. The fourth-order valence-corrected chi connectivity index (χ4v) is 2.30. The lowest BCUT2D eigenvalue weighted by molar-refractivity contribution is 0.102. The quantitative estimate of drug-likeness (QED) is 0.769. The minimum Gasteiger partial charge on any atom is -0.385 e. The van der Waals surface area contributed by atoms with Gasteiger partial charge in [-0.3, -0.25) is 9.78 Å². The third-order valence-corrected chi connectivity index (χ3v) is 3.57. The van der Waals surface area contributed by atoms with Crippen molar-refractivity contribution in [2.75, 3.05) is 30.9 Å². The number of methoxy groups -OCH3 is 1. The van der Waals surface area contributed by atoms with Gasteiger partial charge in [0.05, 0.1) is 0 Å². The number of nitrogens with one attached hydrogen (secondary N) is 2. The topological polar surface area (TPSA) is 63.2 Å². The molecule has 0 aliphatic rings. The average Bonchev–Trinajstić information content (AvgIpc) is 2.55. The monoisotopic (exact) mass is 313 g/mol. The molecule has 5 nitrogen and oxygen atoms in total. The van der Waals surface area contributed by atoms with Crippen molar-refractivity contribution in [2.45, 2.75) is 20.3 Å². The number of ether oxygens (including phenoxy) is 1. The number of benzene rings is 1. The van der Waals surface area contributed by atoms with E-state index < -0.39 is 0 Å². The van der Waals surface area contributed by atoms with Crippen LogP contribution in [0.3, 0.4) is 0 Å². The Hall–Kier alpha value is -2.40. The Balaban J connectivity index is 2.05. The number of pyridine rings is 1. The van der Waals surface area contributed by atoms with E-state index >= 15 is 0 Å². The highest BCUT2D eigenvalue weighted by atomic mass is 16.5. The fraction of sp³-hybridized carbons (Fsp3) is 0.333. The van der Waals surface area contributed by atoms with Gasteiger partial charge in [-0.2, -0.15) is 0 Å². The highest BCUT2D eigenvalue weighted by molar-refractivity contribution is 6.04. The zero-order valence-electron chi connectivity index (χ0n) is 13.8. The van der Waals surface area contributed by atoms with Gasteiger partial charge in [0.2, 0.25) is 0 Å². The van der Waals surface area contributed by atoms with Gasteiger partial charge in [-0.25, -0.2) is 0 Å². The van der Waals surface area contributed by atoms with Crippen LogP contribution in [-0.4, -0.2) is 31.2 Å². The van der Waals surface area contributed by atoms with Crippen molar-refractivity contribution in [3.63, 3.8) is 0 Å². The van der Waals surface area contributed by atoms with Crippen LogP contribution < -0.4 is 10.6 Å². The summed E-state index contributed by atoms with van der Waals surface area (Å²) in [7, 11) is 1.68. The van der Waals surface area contributed by atoms with E-state index in [0.29, 0.717) is 12.3 Å². The lowest BCUT2D eigenvalue weighted by Crippen LogP contribution is -2.16. The van der Waals surface area contributed by atoms with Crippen LogP contribution in [0.5, 0.6) is 0 Å². The molecule has 0 aliphatic heterocycles. The molecule has 0 atom stereocenters. The van der Waals surface area contributed by atoms with E-state index in [1.807, 2.05) is 38.1 Å². The van der Waals surface area contributed by atoms with Crippen LogP contribution in [0, 0.1) is 13.8 Å². The first-order valence-corrected chi connectivity index (χ1v) is 7.68. The maximum atomic E-state index is 12.4. The van der Waals surface area contributed by atoms with Gasteiger partial charge in [0.25, 0.3) is 5.91 Å². The first kappa shape index (κ1) is 17.0. The Bertz CT molecular complexity index is 651. The van der Waals surface area contributed by atoms with Crippen molar-refractivity contribution >= 4 is 17.3 Å². The summed E-state index contributed by atoms with van der Waals surface area (Å²) in [6.07, 6.45) is 2.54. The zero-order valence-corrected chi connectivity index (χ0v) is 13.8. The molecular weight excluding hydrogens is 290 g/mol. The van der Waals surface area contributed by atoms with Gasteiger partial charge in [-0.1, -0.05) is 18.2 Å². The van der Waals surface area contributed by atoms with Gasteiger partial charge in [-0.05, 0) is 43.5 Å². The van der Waals surface area contributed by atoms with Crippen molar-refractivity contribution in [1.82, 2.24) is 4.98 Å². The van der Waals surface area contributed by atoms with Crippen LogP contribution >= 0.6 is 0 Å². The van der Waals surface area contributed by atoms with E-state index in [1.165, 1.54) is 0 Å². The predicted molar refractivity (Wildman–Crippen MR) is 93.1 cm³/mol. The van der Waals surface area contributed by atoms with Crippen LogP contribution in [0.25, 0.3) is 0 Å². The Labute approximate surface area is 137 Å². The third kappa shape index (κ3) is 4.79. The Morgan fingerprint density at radius 2 is 1.96 bits per heavy atom.